The first-order valence-electron chi connectivity index (χ1n) is 6.46. The number of anilines is 1. The molecule has 0 atom stereocenters. The number of carbonyl (C=O) groups is 1. The molecule has 5 heteroatoms. The van der Waals surface area contributed by atoms with E-state index in [2.05, 4.69) is 28.2 Å². The third-order valence-corrected chi connectivity index (χ3v) is 3.65. The van der Waals surface area contributed by atoms with Crippen LogP contribution >= 0.6 is 15.9 Å². The van der Waals surface area contributed by atoms with Crippen molar-refractivity contribution in [1.82, 2.24) is 4.90 Å². The van der Waals surface area contributed by atoms with Crippen LogP contribution in [0.4, 0.5) is 5.69 Å². The molecule has 0 aliphatic rings. The number of nitrogens with one attached hydrogen (secondary N) is 1. The highest BCUT2D eigenvalue weighted by atomic mass is 79.9. The highest BCUT2D eigenvalue weighted by Gasteiger charge is 2.10. The van der Waals surface area contributed by atoms with Crippen molar-refractivity contribution in [1.29, 1.82) is 0 Å². The Balaban J connectivity index is 2.55. The molecule has 1 rings (SSSR count). The van der Waals surface area contributed by atoms with E-state index in [0.717, 1.165) is 28.7 Å². The van der Waals surface area contributed by atoms with E-state index in [1.165, 1.54) is 0 Å². The largest absolute Gasteiger partial charge is 0.395 e. The van der Waals surface area contributed by atoms with Gasteiger partial charge in [0.05, 0.1) is 13.2 Å². The second kappa shape index (κ2) is 8.30. The monoisotopic (exact) mass is 328 g/mol. The summed E-state index contributed by atoms with van der Waals surface area (Å²) < 4.78 is 1.03. The van der Waals surface area contributed by atoms with Gasteiger partial charge in [0.2, 0.25) is 5.91 Å². The lowest BCUT2D eigenvalue weighted by Crippen LogP contribution is -2.35. The number of carbonyl (C=O) groups excluding carboxylic acids is 1. The molecule has 0 unspecified atom stereocenters. The Kier molecular flexibility index (Phi) is 7.05. The van der Waals surface area contributed by atoms with Gasteiger partial charge in [-0.05, 0) is 43.7 Å². The number of aryl methyl sites for hydroxylation is 1. The van der Waals surface area contributed by atoms with Crippen LogP contribution in [0.5, 0.6) is 0 Å². The molecule has 0 aromatic heterocycles. The van der Waals surface area contributed by atoms with E-state index >= 15 is 0 Å². The van der Waals surface area contributed by atoms with Crippen molar-refractivity contribution in [2.75, 3.05) is 31.6 Å². The fourth-order valence-corrected chi connectivity index (χ4v) is 2.10. The van der Waals surface area contributed by atoms with Gasteiger partial charge in [0.1, 0.15) is 0 Å². The third kappa shape index (κ3) is 5.72. The van der Waals surface area contributed by atoms with Crippen LogP contribution in [-0.2, 0) is 4.79 Å². The summed E-state index contributed by atoms with van der Waals surface area (Å²) in [4.78, 5) is 13.9. The minimum absolute atomic E-state index is 0.0522. The molecule has 106 valence electrons. The third-order valence-electron chi connectivity index (χ3n) is 2.76. The molecule has 0 saturated heterocycles. The molecule has 0 fully saturated rings. The van der Waals surface area contributed by atoms with Crippen LogP contribution in [0.25, 0.3) is 0 Å². The first-order valence-corrected chi connectivity index (χ1v) is 7.25. The van der Waals surface area contributed by atoms with E-state index in [4.69, 9.17) is 5.11 Å². The van der Waals surface area contributed by atoms with E-state index in [0.29, 0.717) is 13.1 Å². The quantitative estimate of drug-likeness (QED) is 0.808. The van der Waals surface area contributed by atoms with Gasteiger partial charge in [0, 0.05) is 16.7 Å². The van der Waals surface area contributed by atoms with E-state index < -0.39 is 0 Å². The summed E-state index contributed by atoms with van der Waals surface area (Å²) in [6.45, 7) is 5.76. The summed E-state index contributed by atoms with van der Waals surface area (Å²) in [5.74, 6) is -0.0522. The number of rotatable bonds is 7. The molecule has 2 N–H and O–H groups in total. The highest BCUT2D eigenvalue weighted by molar-refractivity contribution is 9.10. The van der Waals surface area contributed by atoms with E-state index in [-0.39, 0.29) is 12.5 Å². The van der Waals surface area contributed by atoms with Crippen molar-refractivity contribution >= 4 is 27.5 Å². The summed E-state index contributed by atoms with van der Waals surface area (Å²) in [6.07, 6.45) is 0.963. The van der Waals surface area contributed by atoms with E-state index in [1.807, 2.05) is 30.0 Å². The van der Waals surface area contributed by atoms with Crippen molar-refractivity contribution in [2.45, 2.75) is 20.3 Å². The first kappa shape index (κ1) is 16.1. The van der Waals surface area contributed by atoms with Crippen molar-refractivity contribution in [3.05, 3.63) is 28.2 Å². The molecule has 0 spiro atoms. The standard InChI is InChI=1S/C14H21BrN2O2/c1-3-6-17(7-8-18)10-14(19)16-12-4-5-13(15)11(2)9-12/h4-5,9,18H,3,6-8,10H2,1-2H3,(H,16,19). The summed E-state index contributed by atoms with van der Waals surface area (Å²) in [6, 6.07) is 5.71. The van der Waals surface area contributed by atoms with Crippen molar-refractivity contribution in [3.8, 4) is 0 Å². The number of nitrogens with zero attached hydrogens (tertiary/aromatic N) is 1. The van der Waals surface area contributed by atoms with Gasteiger partial charge >= 0.3 is 0 Å². The lowest BCUT2D eigenvalue weighted by atomic mass is 10.2. The maximum Gasteiger partial charge on any atom is 0.238 e. The predicted octanol–water partition coefficient (Wildman–Crippen LogP) is 2.40. The van der Waals surface area contributed by atoms with Gasteiger partial charge in [-0.25, -0.2) is 0 Å². The van der Waals surface area contributed by atoms with Crippen molar-refractivity contribution in [3.63, 3.8) is 0 Å². The number of halogens is 1. The second-order valence-corrected chi connectivity index (χ2v) is 5.37. The predicted molar refractivity (Wildman–Crippen MR) is 81.3 cm³/mol. The van der Waals surface area contributed by atoms with Gasteiger partial charge in [0.25, 0.3) is 0 Å². The zero-order valence-corrected chi connectivity index (χ0v) is 13.0. The SMILES string of the molecule is CCCN(CCO)CC(=O)Nc1ccc(Br)c(C)c1. The molecule has 0 aliphatic heterocycles. The number of amides is 1. The minimum atomic E-state index is -0.0522. The Bertz CT molecular complexity index is 418. The average Bonchev–Trinajstić information content (AvgIpc) is 2.34. The molecular weight excluding hydrogens is 308 g/mol. The Morgan fingerprint density at radius 2 is 2.16 bits per heavy atom. The molecule has 0 aliphatic carbocycles. The van der Waals surface area contributed by atoms with Gasteiger partial charge in [-0.1, -0.05) is 22.9 Å². The molecule has 0 bridgehead atoms. The molecule has 19 heavy (non-hydrogen) atoms. The van der Waals surface area contributed by atoms with Gasteiger partial charge < -0.3 is 10.4 Å². The molecule has 1 aromatic rings. The number of hydrogen-bond donors (Lipinski definition) is 2. The molecular formula is C14H21BrN2O2. The first-order chi connectivity index (χ1) is 9.06. The fraction of sp³-hybridized carbons (Fsp3) is 0.500. The minimum Gasteiger partial charge on any atom is -0.395 e. The Hall–Kier alpha value is -0.910. The number of aliphatic hydroxyl groups excluding tert-OH is 1. The zero-order chi connectivity index (χ0) is 14.3. The van der Waals surface area contributed by atoms with Gasteiger partial charge in [0.15, 0.2) is 0 Å². The van der Waals surface area contributed by atoms with E-state index in [9.17, 15) is 4.79 Å². The van der Waals surface area contributed by atoms with Gasteiger partial charge in [-0.2, -0.15) is 0 Å². The second-order valence-electron chi connectivity index (χ2n) is 4.51. The molecule has 4 nitrogen and oxygen atoms in total. The average molecular weight is 329 g/mol. The number of benzene rings is 1. The molecule has 0 saturated carbocycles. The smallest absolute Gasteiger partial charge is 0.238 e. The van der Waals surface area contributed by atoms with Crippen molar-refractivity contribution < 1.29 is 9.90 Å². The summed E-state index contributed by atoms with van der Waals surface area (Å²) in [5.41, 5.74) is 1.88. The van der Waals surface area contributed by atoms with Crippen LogP contribution in [0, 0.1) is 6.92 Å². The van der Waals surface area contributed by atoms with Gasteiger partial charge in [-0.15, -0.1) is 0 Å². The fourth-order valence-electron chi connectivity index (χ4n) is 1.85. The lowest BCUT2D eigenvalue weighted by Gasteiger charge is -2.19. The number of aliphatic hydroxyl groups is 1. The maximum atomic E-state index is 11.9. The Morgan fingerprint density at radius 1 is 1.42 bits per heavy atom. The highest BCUT2D eigenvalue weighted by Crippen LogP contribution is 2.19. The number of hydrogen-bond acceptors (Lipinski definition) is 3. The van der Waals surface area contributed by atoms with Crippen LogP contribution in [0.1, 0.15) is 18.9 Å². The Morgan fingerprint density at radius 3 is 2.74 bits per heavy atom. The van der Waals surface area contributed by atoms with Crippen LogP contribution in [0.2, 0.25) is 0 Å². The zero-order valence-electron chi connectivity index (χ0n) is 11.4. The normalized spacial score (nSPS) is 10.8. The summed E-state index contributed by atoms with van der Waals surface area (Å²) in [7, 11) is 0. The molecule has 1 aromatic carbocycles. The summed E-state index contributed by atoms with van der Waals surface area (Å²) >= 11 is 3.43. The molecule has 0 heterocycles. The van der Waals surface area contributed by atoms with Crippen LogP contribution in [-0.4, -0.2) is 42.2 Å². The molecule has 0 radical (unpaired) electrons. The van der Waals surface area contributed by atoms with Crippen LogP contribution in [0.15, 0.2) is 22.7 Å². The lowest BCUT2D eigenvalue weighted by molar-refractivity contribution is -0.117. The topological polar surface area (TPSA) is 52.6 Å². The maximum absolute atomic E-state index is 11.9. The Labute approximate surface area is 122 Å². The van der Waals surface area contributed by atoms with Crippen LogP contribution in [0.3, 0.4) is 0 Å². The summed E-state index contributed by atoms with van der Waals surface area (Å²) in [5, 5.41) is 11.8. The van der Waals surface area contributed by atoms with Crippen molar-refractivity contribution in [2.24, 2.45) is 0 Å². The van der Waals surface area contributed by atoms with Crippen LogP contribution < -0.4 is 5.32 Å². The van der Waals surface area contributed by atoms with Gasteiger partial charge in [-0.3, -0.25) is 9.69 Å². The van der Waals surface area contributed by atoms with E-state index in [1.54, 1.807) is 0 Å². The molecule has 1 amide bonds.